The molecule has 0 aliphatic carbocycles. The van der Waals surface area contributed by atoms with Gasteiger partial charge in [0.15, 0.2) is 0 Å². The Balaban J connectivity index is 2.74. The van der Waals surface area contributed by atoms with E-state index in [0.717, 1.165) is 0 Å². The third kappa shape index (κ3) is 3.92. The molecule has 0 radical (unpaired) electrons. The van der Waals surface area contributed by atoms with Gasteiger partial charge in [0.05, 0.1) is 19.9 Å². The molecule has 5 heteroatoms. The molecule has 2 N–H and O–H groups in total. The summed E-state index contributed by atoms with van der Waals surface area (Å²) in [7, 11) is 4.97. The largest absolute Gasteiger partial charge is 0.497 e. The fraction of sp³-hybridized carbons (Fsp3) is 0.462. The lowest BCUT2D eigenvalue weighted by atomic mass is 10.2. The number of carbonyl (C=O) groups is 1. The van der Waals surface area contributed by atoms with Gasteiger partial charge in [0.1, 0.15) is 11.5 Å². The van der Waals surface area contributed by atoms with Gasteiger partial charge in [-0.3, -0.25) is 4.79 Å². The maximum absolute atomic E-state index is 11.8. The summed E-state index contributed by atoms with van der Waals surface area (Å²) in [6, 6.07) is 5.41. The molecule has 1 aromatic carbocycles. The maximum atomic E-state index is 11.8. The number of anilines is 1. The van der Waals surface area contributed by atoms with Crippen LogP contribution in [0.3, 0.4) is 0 Å². The lowest BCUT2D eigenvalue weighted by Crippen LogP contribution is -2.27. The van der Waals surface area contributed by atoms with Crippen molar-refractivity contribution in [3.63, 3.8) is 0 Å². The molecule has 1 rings (SSSR count). The lowest BCUT2D eigenvalue weighted by Gasteiger charge is -2.13. The van der Waals surface area contributed by atoms with Crippen molar-refractivity contribution < 1.29 is 14.3 Å². The Hall–Kier alpha value is -1.75. The minimum absolute atomic E-state index is 0.0553. The zero-order valence-electron chi connectivity index (χ0n) is 11.2. The molecule has 0 spiro atoms. The van der Waals surface area contributed by atoms with Gasteiger partial charge in [0.25, 0.3) is 0 Å². The van der Waals surface area contributed by atoms with E-state index in [1.54, 1.807) is 32.4 Å². The number of hydrogen-bond donors (Lipinski definition) is 2. The van der Waals surface area contributed by atoms with Crippen molar-refractivity contribution in [3.05, 3.63) is 18.2 Å². The molecule has 0 aromatic heterocycles. The summed E-state index contributed by atoms with van der Waals surface area (Å²) in [5.41, 5.74) is 0.645. The third-order valence-corrected chi connectivity index (χ3v) is 2.67. The van der Waals surface area contributed by atoms with E-state index in [4.69, 9.17) is 9.47 Å². The molecule has 18 heavy (non-hydrogen) atoms. The highest BCUT2D eigenvalue weighted by molar-refractivity contribution is 5.92. The van der Waals surface area contributed by atoms with Crippen LogP contribution >= 0.6 is 0 Å². The summed E-state index contributed by atoms with van der Waals surface area (Å²) < 4.78 is 10.3. The standard InChI is InChI=1S/C13H20N2O3/c1-9(14-2)7-13(16)15-11-6-5-10(17-3)8-12(11)18-4/h5-6,8-9,14H,7H2,1-4H3,(H,15,16). The molecule has 0 aliphatic rings. The van der Waals surface area contributed by atoms with Gasteiger partial charge in [-0.05, 0) is 26.1 Å². The van der Waals surface area contributed by atoms with Crippen LogP contribution in [0, 0.1) is 0 Å². The Bertz CT molecular complexity index is 407. The van der Waals surface area contributed by atoms with E-state index in [9.17, 15) is 4.79 Å². The van der Waals surface area contributed by atoms with Crippen LogP contribution in [0.5, 0.6) is 11.5 Å². The van der Waals surface area contributed by atoms with Gasteiger partial charge < -0.3 is 20.1 Å². The molecule has 0 bridgehead atoms. The highest BCUT2D eigenvalue weighted by Crippen LogP contribution is 2.29. The van der Waals surface area contributed by atoms with Crippen molar-refractivity contribution in [1.29, 1.82) is 0 Å². The number of carbonyl (C=O) groups excluding carboxylic acids is 1. The van der Waals surface area contributed by atoms with Crippen molar-refractivity contribution in [2.45, 2.75) is 19.4 Å². The molecule has 5 nitrogen and oxygen atoms in total. The summed E-state index contributed by atoms with van der Waals surface area (Å²) in [4.78, 5) is 11.8. The first-order chi connectivity index (χ1) is 8.60. The smallest absolute Gasteiger partial charge is 0.226 e. The minimum Gasteiger partial charge on any atom is -0.497 e. The molecular formula is C13H20N2O3. The van der Waals surface area contributed by atoms with E-state index in [1.165, 1.54) is 0 Å². The van der Waals surface area contributed by atoms with Gasteiger partial charge in [-0.2, -0.15) is 0 Å². The molecule has 100 valence electrons. The van der Waals surface area contributed by atoms with Crippen LogP contribution < -0.4 is 20.1 Å². The predicted octanol–water partition coefficient (Wildman–Crippen LogP) is 1.64. The first-order valence-electron chi connectivity index (χ1n) is 5.79. The van der Waals surface area contributed by atoms with Gasteiger partial charge in [-0.15, -0.1) is 0 Å². The van der Waals surface area contributed by atoms with Gasteiger partial charge in [-0.25, -0.2) is 0 Å². The molecular weight excluding hydrogens is 232 g/mol. The first-order valence-corrected chi connectivity index (χ1v) is 5.79. The van der Waals surface area contributed by atoms with E-state index < -0.39 is 0 Å². The second-order valence-electron chi connectivity index (χ2n) is 4.01. The molecule has 0 aliphatic heterocycles. The number of benzene rings is 1. The number of amides is 1. The number of hydrogen-bond acceptors (Lipinski definition) is 4. The van der Waals surface area contributed by atoms with Crippen molar-refractivity contribution in [1.82, 2.24) is 5.32 Å². The number of nitrogens with one attached hydrogen (secondary N) is 2. The van der Waals surface area contributed by atoms with Crippen LogP contribution in [0.25, 0.3) is 0 Å². The fourth-order valence-electron chi connectivity index (χ4n) is 1.48. The Morgan fingerprint density at radius 1 is 1.33 bits per heavy atom. The summed E-state index contributed by atoms with van der Waals surface area (Å²) in [6.45, 7) is 1.95. The molecule has 0 saturated carbocycles. The third-order valence-electron chi connectivity index (χ3n) is 2.67. The zero-order chi connectivity index (χ0) is 13.5. The Kier molecular flexibility index (Phi) is 5.45. The number of rotatable bonds is 6. The molecule has 1 unspecified atom stereocenters. The van der Waals surface area contributed by atoms with E-state index >= 15 is 0 Å². The van der Waals surface area contributed by atoms with E-state index in [-0.39, 0.29) is 11.9 Å². The van der Waals surface area contributed by atoms with E-state index in [0.29, 0.717) is 23.6 Å². The van der Waals surface area contributed by atoms with Gasteiger partial charge in [0, 0.05) is 18.5 Å². The van der Waals surface area contributed by atoms with E-state index in [1.807, 2.05) is 14.0 Å². The van der Waals surface area contributed by atoms with Crippen LogP contribution in [0.15, 0.2) is 18.2 Å². The summed E-state index contributed by atoms with van der Waals surface area (Å²) >= 11 is 0. The topological polar surface area (TPSA) is 59.6 Å². The summed E-state index contributed by atoms with van der Waals surface area (Å²) in [5.74, 6) is 1.22. The van der Waals surface area contributed by atoms with Crippen LogP contribution in [0.4, 0.5) is 5.69 Å². The molecule has 1 atom stereocenters. The Labute approximate surface area is 107 Å². The SMILES string of the molecule is CNC(C)CC(=O)Nc1ccc(OC)cc1OC. The average molecular weight is 252 g/mol. The highest BCUT2D eigenvalue weighted by Gasteiger charge is 2.11. The molecule has 1 aromatic rings. The highest BCUT2D eigenvalue weighted by atomic mass is 16.5. The Morgan fingerprint density at radius 2 is 2.06 bits per heavy atom. The Morgan fingerprint density at radius 3 is 2.61 bits per heavy atom. The quantitative estimate of drug-likeness (QED) is 0.808. The molecule has 1 amide bonds. The van der Waals surface area contributed by atoms with Gasteiger partial charge >= 0.3 is 0 Å². The van der Waals surface area contributed by atoms with Crippen molar-refractivity contribution in [2.24, 2.45) is 0 Å². The van der Waals surface area contributed by atoms with Crippen molar-refractivity contribution in [3.8, 4) is 11.5 Å². The van der Waals surface area contributed by atoms with Gasteiger partial charge in [-0.1, -0.05) is 0 Å². The summed E-state index contributed by atoms with van der Waals surface area (Å²) in [5, 5.41) is 5.83. The maximum Gasteiger partial charge on any atom is 0.226 e. The normalized spacial score (nSPS) is 11.8. The second-order valence-corrected chi connectivity index (χ2v) is 4.01. The van der Waals surface area contributed by atoms with Crippen LogP contribution in [-0.4, -0.2) is 33.2 Å². The lowest BCUT2D eigenvalue weighted by molar-refractivity contribution is -0.116. The second kappa shape index (κ2) is 6.86. The first kappa shape index (κ1) is 14.3. The van der Waals surface area contributed by atoms with Crippen molar-refractivity contribution in [2.75, 3.05) is 26.6 Å². The van der Waals surface area contributed by atoms with Crippen molar-refractivity contribution >= 4 is 11.6 Å². The predicted molar refractivity (Wildman–Crippen MR) is 71.3 cm³/mol. The van der Waals surface area contributed by atoms with Crippen LogP contribution in [0.1, 0.15) is 13.3 Å². The average Bonchev–Trinajstić information content (AvgIpc) is 2.38. The number of ether oxygens (including phenoxy) is 2. The number of methoxy groups -OCH3 is 2. The molecule has 0 fully saturated rings. The van der Waals surface area contributed by atoms with Gasteiger partial charge in [0.2, 0.25) is 5.91 Å². The van der Waals surface area contributed by atoms with Crippen LogP contribution in [-0.2, 0) is 4.79 Å². The molecule has 0 heterocycles. The monoisotopic (exact) mass is 252 g/mol. The van der Waals surface area contributed by atoms with Crippen LogP contribution in [0.2, 0.25) is 0 Å². The molecule has 0 saturated heterocycles. The minimum atomic E-state index is -0.0553. The summed E-state index contributed by atoms with van der Waals surface area (Å²) in [6.07, 6.45) is 0.408. The van der Waals surface area contributed by atoms with E-state index in [2.05, 4.69) is 10.6 Å². The fourth-order valence-corrected chi connectivity index (χ4v) is 1.48. The zero-order valence-corrected chi connectivity index (χ0v) is 11.2.